The van der Waals surface area contributed by atoms with E-state index in [4.69, 9.17) is 17.0 Å². The highest BCUT2D eigenvalue weighted by Gasteiger charge is 2.09. The van der Waals surface area contributed by atoms with E-state index >= 15 is 0 Å². The molecule has 64 valence electrons. The van der Waals surface area contributed by atoms with Crippen molar-refractivity contribution >= 4 is 23.1 Å². The smallest absolute Gasteiger partial charge is 0.337 e. The molecule has 3 heteroatoms. The second-order valence-electron chi connectivity index (χ2n) is 2.38. The maximum absolute atomic E-state index is 11.1. The molecule has 2 nitrogen and oxygen atoms in total. The van der Waals surface area contributed by atoms with Gasteiger partial charge < -0.3 is 4.74 Å². The first-order chi connectivity index (χ1) is 5.74. The van der Waals surface area contributed by atoms with Crippen molar-refractivity contribution in [3.05, 3.63) is 23.8 Å². The van der Waals surface area contributed by atoms with Crippen molar-refractivity contribution < 1.29 is 9.53 Å². The maximum Gasteiger partial charge on any atom is 0.337 e. The fourth-order valence-electron chi connectivity index (χ4n) is 0.895. The molecular formula is C9H10O2S. The summed E-state index contributed by atoms with van der Waals surface area (Å²) in [5, 5.41) is 0. The number of allylic oxidation sites excluding steroid dienone is 2. The molecule has 1 rings (SSSR count). The summed E-state index contributed by atoms with van der Waals surface area (Å²) in [5.41, 5.74) is 0.602. The molecule has 0 amide bonds. The molecule has 0 aromatic carbocycles. The van der Waals surface area contributed by atoms with Gasteiger partial charge >= 0.3 is 5.97 Å². The Labute approximate surface area is 76.9 Å². The Morgan fingerprint density at radius 3 is 2.92 bits per heavy atom. The standard InChI is InChI=1S/C9H10O2S/c1-2-11-9(10)7-3-5-8(12)6-4-7/h3-5H,2,6H2,1H3. The normalized spacial score (nSPS) is 15.8. The van der Waals surface area contributed by atoms with Gasteiger partial charge in [-0.1, -0.05) is 18.3 Å². The molecule has 0 unspecified atom stereocenters. The Morgan fingerprint density at radius 1 is 1.67 bits per heavy atom. The molecule has 0 N–H and O–H groups in total. The molecule has 0 saturated carbocycles. The van der Waals surface area contributed by atoms with Gasteiger partial charge in [-0.2, -0.15) is 0 Å². The summed E-state index contributed by atoms with van der Waals surface area (Å²) in [6, 6.07) is 0. The zero-order chi connectivity index (χ0) is 8.97. The van der Waals surface area contributed by atoms with E-state index in [1.165, 1.54) is 0 Å². The molecule has 0 heterocycles. The minimum atomic E-state index is -0.267. The predicted octanol–water partition coefficient (Wildman–Crippen LogP) is 1.81. The van der Waals surface area contributed by atoms with Crippen LogP contribution in [0.25, 0.3) is 0 Å². The predicted molar refractivity (Wildman–Crippen MR) is 51.1 cm³/mol. The molecule has 12 heavy (non-hydrogen) atoms. The first-order valence-corrected chi connectivity index (χ1v) is 4.23. The van der Waals surface area contributed by atoms with Gasteiger partial charge in [0.1, 0.15) is 0 Å². The molecule has 0 aromatic heterocycles. The Hall–Kier alpha value is -0.960. The van der Waals surface area contributed by atoms with E-state index < -0.39 is 0 Å². The highest BCUT2D eigenvalue weighted by Crippen LogP contribution is 2.09. The Morgan fingerprint density at radius 2 is 2.42 bits per heavy atom. The number of carbonyl (C=O) groups excluding carboxylic acids is 1. The van der Waals surface area contributed by atoms with Crippen molar-refractivity contribution in [1.29, 1.82) is 0 Å². The Bertz CT molecular complexity index is 264. The Balaban J connectivity index is 2.60. The number of rotatable bonds is 2. The molecule has 0 aliphatic heterocycles. The van der Waals surface area contributed by atoms with E-state index in [1.54, 1.807) is 25.2 Å². The molecule has 0 fully saturated rings. The number of hydrogen-bond donors (Lipinski definition) is 0. The van der Waals surface area contributed by atoms with Crippen molar-refractivity contribution in [1.82, 2.24) is 0 Å². The minimum absolute atomic E-state index is 0.267. The van der Waals surface area contributed by atoms with Gasteiger partial charge in [-0.3, -0.25) is 0 Å². The highest BCUT2D eigenvalue weighted by molar-refractivity contribution is 7.80. The van der Waals surface area contributed by atoms with Crippen LogP contribution in [0.1, 0.15) is 13.3 Å². The van der Waals surface area contributed by atoms with Crippen LogP contribution < -0.4 is 0 Å². The van der Waals surface area contributed by atoms with Crippen LogP contribution in [0, 0.1) is 0 Å². The van der Waals surface area contributed by atoms with Crippen molar-refractivity contribution in [2.45, 2.75) is 13.3 Å². The lowest BCUT2D eigenvalue weighted by Crippen LogP contribution is -2.08. The van der Waals surface area contributed by atoms with Crippen LogP contribution in [-0.4, -0.2) is 17.4 Å². The van der Waals surface area contributed by atoms with E-state index in [0.29, 0.717) is 18.6 Å². The first-order valence-electron chi connectivity index (χ1n) is 3.82. The van der Waals surface area contributed by atoms with Crippen molar-refractivity contribution in [2.75, 3.05) is 6.61 Å². The quantitative estimate of drug-likeness (QED) is 0.481. The number of ether oxygens (including phenoxy) is 1. The zero-order valence-corrected chi connectivity index (χ0v) is 7.69. The summed E-state index contributed by atoms with van der Waals surface area (Å²) in [7, 11) is 0. The van der Waals surface area contributed by atoms with Gasteiger partial charge in [-0.15, -0.1) is 0 Å². The summed E-state index contributed by atoms with van der Waals surface area (Å²) in [6.45, 7) is 2.20. The lowest BCUT2D eigenvalue weighted by Gasteiger charge is -2.05. The molecule has 0 atom stereocenters. The summed E-state index contributed by atoms with van der Waals surface area (Å²) >= 11 is 4.93. The molecule has 0 radical (unpaired) electrons. The van der Waals surface area contributed by atoms with Gasteiger partial charge in [0.05, 0.1) is 12.2 Å². The van der Waals surface area contributed by atoms with E-state index in [-0.39, 0.29) is 5.97 Å². The summed E-state index contributed by atoms with van der Waals surface area (Å²) < 4.78 is 4.81. The van der Waals surface area contributed by atoms with E-state index in [2.05, 4.69) is 0 Å². The van der Waals surface area contributed by atoms with E-state index in [1.807, 2.05) is 0 Å². The van der Waals surface area contributed by atoms with Crippen molar-refractivity contribution in [3.8, 4) is 0 Å². The van der Waals surface area contributed by atoms with Crippen LogP contribution >= 0.6 is 12.2 Å². The fraction of sp³-hybridized carbons (Fsp3) is 0.333. The first kappa shape index (κ1) is 9.13. The molecule has 0 bridgehead atoms. The average Bonchev–Trinajstić information content (AvgIpc) is 2.06. The highest BCUT2D eigenvalue weighted by atomic mass is 32.1. The molecule has 0 aromatic rings. The molecule has 1 aliphatic carbocycles. The summed E-state index contributed by atoms with van der Waals surface area (Å²) in [6.07, 6.45) is 5.92. The number of thiocarbonyl (C=S) groups is 1. The van der Waals surface area contributed by atoms with E-state index in [9.17, 15) is 4.79 Å². The van der Waals surface area contributed by atoms with Crippen molar-refractivity contribution in [3.63, 3.8) is 0 Å². The molecular weight excluding hydrogens is 172 g/mol. The third-order valence-corrected chi connectivity index (χ3v) is 1.79. The van der Waals surface area contributed by atoms with Crippen LogP contribution in [0.5, 0.6) is 0 Å². The minimum Gasteiger partial charge on any atom is -0.462 e. The lowest BCUT2D eigenvalue weighted by molar-refractivity contribution is -0.138. The second-order valence-corrected chi connectivity index (χ2v) is 2.91. The Kier molecular flexibility index (Phi) is 3.17. The van der Waals surface area contributed by atoms with Gasteiger partial charge in [0.15, 0.2) is 0 Å². The topological polar surface area (TPSA) is 26.3 Å². The molecule has 0 saturated heterocycles. The van der Waals surface area contributed by atoms with Crippen LogP contribution in [0.3, 0.4) is 0 Å². The van der Waals surface area contributed by atoms with Crippen LogP contribution in [0.2, 0.25) is 0 Å². The number of hydrogen-bond acceptors (Lipinski definition) is 3. The van der Waals surface area contributed by atoms with Crippen molar-refractivity contribution in [2.24, 2.45) is 0 Å². The maximum atomic E-state index is 11.1. The van der Waals surface area contributed by atoms with Crippen LogP contribution in [0.15, 0.2) is 23.8 Å². The SMILES string of the molecule is CCOC(=O)C1=CCC(=S)C=C1. The largest absolute Gasteiger partial charge is 0.462 e. The van der Waals surface area contributed by atoms with Gasteiger partial charge in [0.25, 0.3) is 0 Å². The van der Waals surface area contributed by atoms with Gasteiger partial charge in [-0.05, 0) is 19.1 Å². The monoisotopic (exact) mass is 182 g/mol. The number of carbonyl (C=O) groups is 1. The fourth-order valence-corrected chi connectivity index (χ4v) is 1.05. The molecule has 0 spiro atoms. The van der Waals surface area contributed by atoms with Crippen LogP contribution in [-0.2, 0) is 9.53 Å². The summed E-state index contributed by atoms with van der Waals surface area (Å²) in [5.74, 6) is -0.267. The molecule has 1 aliphatic rings. The number of esters is 1. The van der Waals surface area contributed by atoms with Gasteiger partial charge in [-0.25, -0.2) is 4.79 Å². The van der Waals surface area contributed by atoms with Gasteiger partial charge in [0, 0.05) is 11.3 Å². The average molecular weight is 182 g/mol. The summed E-state index contributed by atoms with van der Waals surface area (Å²) in [4.78, 5) is 12.0. The van der Waals surface area contributed by atoms with Crippen LogP contribution in [0.4, 0.5) is 0 Å². The van der Waals surface area contributed by atoms with E-state index in [0.717, 1.165) is 4.86 Å². The lowest BCUT2D eigenvalue weighted by atomic mass is 10.1. The third kappa shape index (κ3) is 2.27. The zero-order valence-electron chi connectivity index (χ0n) is 6.87. The van der Waals surface area contributed by atoms with Gasteiger partial charge in [0.2, 0.25) is 0 Å². The third-order valence-electron chi connectivity index (χ3n) is 1.48. The second kappa shape index (κ2) is 4.16.